The molecule has 2 aliphatic heterocycles. The standard InChI is InChI=1S/C15H15N3O/c1-16-15(19)12-7-5-11(6-8-12)13-10-18-9-3-2-4-14(18)17-13/h2-9,13H,10H2,1H3,(H,16,19). The lowest BCUT2D eigenvalue weighted by molar-refractivity contribution is 0.0963. The number of nitrogens with zero attached hydrogens (tertiary/aromatic N) is 2. The summed E-state index contributed by atoms with van der Waals surface area (Å²) in [4.78, 5) is 18.3. The lowest BCUT2D eigenvalue weighted by Gasteiger charge is -2.16. The zero-order chi connectivity index (χ0) is 13.2. The summed E-state index contributed by atoms with van der Waals surface area (Å²) in [6, 6.07) is 7.78. The van der Waals surface area contributed by atoms with E-state index in [0.717, 1.165) is 17.9 Å². The molecule has 0 bridgehead atoms. The molecule has 1 atom stereocenters. The second kappa shape index (κ2) is 4.72. The first-order valence-electron chi connectivity index (χ1n) is 6.29. The van der Waals surface area contributed by atoms with Gasteiger partial charge in [-0.2, -0.15) is 0 Å². The van der Waals surface area contributed by atoms with Crippen LogP contribution < -0.4 is 5.32 Å². The highest BCUT2D eigenvalue weighted by Crippen LogP contribution is 2.26. The molecule has 4 heteroatoms. The third kappa shape index (κ3) is 2.17. The number of carbonyl (C=O) groups excluding carboxylic acids is 1. The second-order valence-corrected chi connectivity index (χ2v) is 4.56. The highest BCUT2D eigenvalue weighted by molar-refractivity contribution is 5.96. The van der Waals surface area contributed by atoms with E-state index >= 15 is 0 Å². The van der Waals surface area contributed by atoms with Crippen LogP contribution >= 0.6 is 0 Å². The average Bonchev–Trinajstić information content (AvgIpc) is 2.90. The summed E-state index contributed by atoms with van der Waals surface area (Å²) in [5, 5.41) is 2.62. The largest absolute Gasteiger partial charge is 0.355 e. The SMILES string of the molecule is CNC(=O)c1ccc(C2CN3C=CC=CC3=N2)cc1. The summed E-state index contributed by atoms with van der Waals surface area (Å²) < 4.78 is 0. The fraction of sp³-hybridized carbons (Fsp3) is 0.200. The van der Waals surface area contributed by atoms with Crippen LogP contribution in [0.15, 0.2) is 53.7 Å². The highest BCUT2D eigenvalue weighted by Gasteiger charge is 2.24. The van der Waals surface area contributed by atoms with E-state index in [1.165, 1.54) is 0 Å². The molecule has 0 aliphatic carbocycles. The minimum Gasteiger partial charge on any atom is -0.355 e. The summed E-state index contributed by atoms with van der Waals surface area (Å²) >= 11 is 0. The van der Waals surface area contributed by atoms with Crippen molar-refractivity contribution in [3.05, 3.63) is 59.8 Å². The van der Waals surface area contributed by atoms with Crippen molar-refractivity contribution in [2.24, 2.45) is 4.99 Å². The van der Waals surface area contributed by atoms with Crippen molar-refractivity contribution < 1.29 is 4.79 Å². The minimum atomic E-state index is -0.0624. The molecule has 1 unspecified atom stereocenters. The highest BCUT2D eigenvalue weighted by atomic mass is 16.1. The average molecular weight is 253 g/mol. The summed E-state index contributed by atoms with van der Waals surface area (Å²) in [7, 11) is 1.63. The Bertz CT molecular complexity index is 584. The molecule has 1 aromatic carbocycles. The van der Waals surface area contributed by atoms with E-state index in [0.29, 0.717) is 5.56 Å². The van der Waals surface area contributed by atoms with Crippen LogP contribution in [0, 0.1) is 0 Å². The van der Waals surface area contributed by atoms with Gasteiger partial charge < -0.3 is 10.2 Å². The molecule has 1 aromatic rings. The number of nitrogens with one attached hydrogen (secondary N) is 1. The number of hydrogen-bond donors (Lipinski definition) is 1. The zero-order valence-electron chi connectivity index (χ0n) is 10.7. The van der Waals surface area contributed by atoms with E-state index in [2.05, 4.69) is 15.2 Å². The molecule has 96 valence electrons. The molecule has 2 heterocycles. The van der Waals surface area contributed by atoms with Crippen LogP contribution in [-0.2, 0) is 0 Å². The monoisotopic (exact) mass is 253 g/mol. The molecule has 0 saturated heterocycles. The molecule has 1 N–H and O–H groups in total. The molecule has 1 amide bonds. The predicted molar refractivity (Wildman–Crippen MR) is 75.0 cm³/mol. The van der Waals surface area contributed by atoms with Gasteiger partial charge in [-0.1, -0.05) is 18.2 Å². The number of rotatable bonds is 2. The van der Waals surface area contributed by atoms with Crippen molar-refractivity contribution in [1.82, 2.24) is 10.2 Å². The van der Waals surface area contributed by atoms with Crippen molar-refractivity contribution in [2.45, 2.75) is 6.04 Å². The molecule has 0 radical (unpaired) electrons. The van der Waals surface area contributed by atoms with E-state index in [-0.39, 0.29) is 11.9 Å². The van der Waals surface area contributed by atoms with E-state index in [4.69, 9.17) is 0 Å². The molecule has 0 saturated carbocycles. The maximum Gasteiger partial charge on any atom is 0.251 e. The Labute approximate surface area is 112 Å². The van der Waals surface area contributed by atoms with Crippen molar-refractivity contribution in [3.63, 3.8) is 0 Å². The van der Waals surface area contributed by atoms with Crippen molar-refractivity contribution in [3.8, 4) is 0 Å². The molecular weight excluding hydrogens is 238 g/mol. The number of amides is 1. The summed E-state index contributed by atoms with van der Waals surface area (Å²) in [6.07, 6.45) is 8.05. The van der Waals surface area contributed by atoms with Gasteiger partial charge in [0.1, 0.15) is 5.84 Å². The first kappa shape index (κ1) is 11.7. The Balaban J connectivity index is 1.81. The van der Waals surface area contributed by atoms with E-state index in [9.17, 15) is 4.79 Å². The fourth-order valence-corrected chi connectivity index (χ4v) is 2.31. The van der Waals surface area contributed by atoms with Gasteiger partial charge in [0.2, 0.25) is 0 Å². The molecule has 0 spiro atoms. The molecular formula is C15H15N3O. The van der Waals surface area contributed by atoms with Gasteiger partial charge in [-0.25, -0.2) is 0 Å². The smallest absolute Gasteiger partial charge is 0.251 e. The predicted octanol–water partition coefficient (Wildman–Crippen LogP) is 1.88. The number of benzene rings is 1. The Kier molecular flexibility index (Phi) is 2.91. The number of amidine groups is 1. The Hall–Kier alpha value is -2.36. The number of aliphatic imine (C=N–C) groups is 1. The molecule has 2 aliphatic rings. The van der Waals surface area contributed by atoms with Gasteiger partial charge in [0.15, 0.2) is 0 Å². The Morgan fingerprint density at radius 3 is 2.79 bits per heavy atom. The topological polar surface area (TPSA) is 44.7 Å². The Morgan fingerprint density at radius 2 is 2.11 bits per heavy atom. The first-order valence-corrected chi connectivity index (χ1v) is 6.29. The van der Waals surface area contributed by atoms with Crippen LogP contribution in [0.4, 0.5) is 0 Å². The van der Waals surface area contributed by atoms with Gasteiger partial charge >= 0.3 is 0 Å². The van der Waals surface area contributed by atoms with Crippen LogP contribution in [0.3, 0.4) is 0 Å². The fourth-order valence-electron chi connectivity index (χ4n) is 2.31. The van der Waals surface area contributed by atoms with Crippen LogP contribution in [0.2, 0.25) is 0 Å². The molecule has 0 aromatic heterocycles. The normalized spacial score (nSPS) is 20.2. The van der Waals surface area contributed by atoms with Crippen LogP contribution in [0.5, 0.6) is 0 Å². The van der Waals surface area contributed by atoms with Gasteiger partial charge in [-0.15, -0.1) is 0 Å². The van der Waals surface area contributed by atoms with Crippen molar-refractivity contribution in [1.29, 1.82) is 0 Å². The summed E-state index contributed by atoms with van der Waals surface area (Å²) in [5.74, 6) is 0.940. The van der Waals surface area contributed by atoms with Gasteiger partial charge in [-0.3, -0.25) is 9.79 Å². The second-order valence-electron chi connectivity index (χ2n) is 4.56. The zero-order valence-corrected chi connectivity index (χ0v) is 10.7. The number of allylic oxidation sites excluding steroid dienone is 2. The molecule has 4 nitrogen and oxygen atoms in total. The minimum absolute atomic E-state index is 0.0624. The van der Waals surface area contributed by atoms with Gasteiger partial charge in [-0.05, 0) is 29.8 Å². The van der Waals surface area contributed by atoms with Crippen LogP contribution in [0.25, 0.3) is 0 Å². The Morgan fingerprint density at radius 1 is 1.32 bits per heavy atom. The third-order valence-electron chi connectivity index (χ3n) is 3.36. The van der Waals surface area contributed by atoms with Gasteiger partial charge in [0, 0.05) is 18.8 Å². The number of fused-ring (bicyclic) bond motifs is 1. The third-order valence-corrected chi connectivity index (χ3v) is 3.36. The van der Waals surface area contributed by atoms with E-state index in [1.807, 2.05) is 48.7 Å². The van der Waals surface area contributed by atoms with Crippen LogP contribution in [0.1, 0.15) is 22.0 Å². The van der Waals surface area contributed by atoms with E-state index < -0.39 is 0 Å². The molecule has 3 rings (SSSR count). The van der Waals surface area contributed by atoms with E-state index in [1.54, 1.807) is 7.05 Å². The lowest BCUT2D eigenvalue weighted by Crippen LogP contribution is -2.22. The first-order chi connectivity index (χ1) is 9.28. The van der Waals surface area contributed by atoms with Gasteiger partial charge in [0.25, 0.3) is 5.91 Å². The maximum absolute atomic E-state index is 11.5. The van der Waals surface area contributed by atoms with Gasteiger partial charge in [0.05, 0.1) is 12.6 Å². The number of carbonyl (C=O) groups is 1. The lowest BCUT2D eigenvalue weighted by atomic mass is 10.1. The van der Waals surface area contributed by atoms with Crippen molar-refractivity contribution in [2.75, 3.05) is 13.6 Å². The summed E-state index contributed by atoms with van der Waals surface area (Å²) in [6.45, 7) is 0.857. The number of hydrogen-bond acceptors (Lipinski definition) is 3. The summed E-state index contributed by atoms with van der Waals surface area (Å²) in [5.41, 5.74) is 1.81. The maximum atomic E-state index is 11.5. The van der Waals surface area contributed by atoms with Crippen molar-refractivity contribution >= 4 is 11.7 Å². The quantitative estimate of drug-likeness (QED) is 0.874. The van der Waals surface area contributed by atoms with Crippen LogP contribution in [-0.4, -0.2) is 30.2 Å². The molecule has 0 fully saturated rings. The molecule has 19 heavy (non-hydrogen) atoms.